The zero-order chi connectivity index (χ0) is 26.1. The molecule has 0 saturated heterocycles. The molecule has 1 aliphatic heterocycles. The molecule has 1 heterocycles. The molecule has 1 fully saturated rings. The summed E-state index contributed by atoms with van der Waals surface area (Å²) in [6, 6.07) is 13.5. The van der Waals surface area contributed by atoms with Crippen molar-refractivity contribution in [3.63, 3.8) is 0 Å². The lowest BCUT2D eigenvalue weighted by Crippen LogP contribution is -2.37. The van der Waals surface area contributed by atoms with Crippen molar-refractivity contribution >= 4 is 27.7 Å². The molecule has 194 valence electrons. The Morgan fingerprint density at radius 3 is 2.49 bits per heavy atom. The highest BCUT2D eigenvalue weighted by Crippen LogP contribution is 2.48. The van der Waals surface area contributed by atoms with Gasteiger partial charge in [-0.25, -0.2) is 4.79 Å². The fourth-order valence-electron chi connectivity index (χ4n) is 5.92. The molecule has 0 bridgehead atoms. The molecule has 2 aliphatic carbocycles. The topological polar surface area (TPSA) is 84.9 Å². The van der Waals surface area contributed by atoms with Gasteiger partial charge in [0, 0.05) is 29.3 Å². The van der Waals surface area contributed by atoms with E-state index in [0.717, 1.165) is 43.4 Å². The maximum Gasteiger partial charge on any atom is 0.337 e. The average molecular weight is 566 g/mol. The third-order valence-corrected chi connectivity index (χ3v) is 8.35. The Morgan fingerprint density at radius 2 is 1.78 bits per heavy atom. The third kappa shape index (κ3) is 5.06. The Bertz CT molecular complexity index is 1280. The molecule has 2 aromatic carbocycles. The standard InChI is InChI=1S/C30H32BrNO5/c1-17-26(30(35)37-21-11-7-4-8-12-21)27(20-13-22(31)29(34)25(16-20)36-2)28-23(32-17)14-19(15-24(28)33)18-9-5-3-6-10-18/h3,5-6,9-10,13,16,19,21,27,32,34H,4,7-8,11-12,14-15H2,1-2H3. The van der Waals surface area contributed by atoms with E-state index in [2.05, 4.69) is 33.4 Å². The minimum absolute atomic E-state index is 0.00577. The van der Waals surface area contributed by atoms with Crippen molar-refractivity contribution < 1.29 is 24.2 Å². The summed E-state index contributed by atoms with van der Waals surface area (Å²) in [5.74, 6) is -0.706. The van der Waals surface area contributed by atoms with Gasteiger partial charge in [0.05, 0.1) is 17.2 Å². The molecule has 0 spiro atoms. The number of carbonyl (C=O) groups excluding carboxylic acids is 2. The summed E-state index contributed by atoms with van der Waals surface area (Å²) in [6.45, 7) is 1.87. The van der Waals surface area contributed by atoms with Gasteiger partial charge in [-0.15, -0.1) is 0 Å². The number of hydrogen-bond donors (Lipinski definition) is 2. The van der Waals surface area contributed by atoms with Crippen molar-refractivity contribution in [2.24, 2.45) is 0 Å². The van der Waals surface area contributed by atoms with Gasteiger partial charge in [0.1, 0.15) is 6.10 Å². The van der Waals surface area contributed by atoms with Crippen LogP contribution in [0.5, 0.6) is 11.5 Å². The van der Waals surface area contributed by atoms with Crippen molar-refractivity contribution in [1.29, 1.82) is 0 Å². The number of Topliss-reactive ketones (excluding diaryl/α,β-unsaturated/α-hetero) is 1. The molecule has 2 atom stereocenters. The Morgan fingerprint density at radius 1 is 1.05 bits per heavy atom. The van der Waals surface area contributed by atoms with E-state index in [-0.39, 0.29) is 29.3 Å². The molecule has 0 radical (unpaired) electrons. The fourth-order valence-corrected chi connectivity index (χ4v) is 6.38. The summed E-state index contributed by atoms with van der Waals surface area (Å²) >= 11 is 3.42. The number of carbonyl (C=O) groups is 2. The van der Waals surface area contributed by atoms with Crippen LogP contribution in [-0.2, 0) is 14.3 Å². The number of ketones is 1. The van der Waals surface area contributed by atoms with E-state index >= 15 is 0 Å². The summed E-state index contributed by atoms with van der Waals surface area (Å²) < 4.78 is 11.9. The number of allylic oxidation sites excluding steroid dienone is 3. The zero-order valence-corrected chi connectivity index (χ0v) is 22.8. The molecule has 5 rings (SSSR count). The van der Waals surface area contributed by atoms with Crippen LogP contribution in [0.4, 0.5) is 0 Å². The van der Waals surface area contributed by atoms with Gasteiger partial charge in [-0.3, -0.25) is 4.79 Å². The number of halogens is 1. The van der Waals surface area contributed by atoms with Crippen molar-refractivity contribution in [3.05, 3.63) is 80.6 Å². The number of hydrogen-bond acceptors (Lipinski definition) is 6. The Kier molecular flexibility index (Phi) is 7.43. The smallest absolute Gasteiger partial charge is 0.337 e. The number of aromatic hydroxyl groups is 1. The lowest BCUT2D eigenvalue weighted by molar-refractivity contribution is -0.146. The van der Waals surface area contributed by atoms with Crippen LogP contribution in [-0.4, -0.2) is 30.1 Å². The summed E-state index contributed by atoms with van der Waals surface area (Å²) in [6.07, 6.45) is 5.91. The number of methoxy groups -OCH3 is 1. The highest BCUT2D eigenvalue weighted by Gasteiger charge is 2.42. The zero-order valence-electron chi connectivity index (χ0n) is 21.2. The monoisotopic (exact) mass is 565 g/mol. The molecular formula is C30H32BrNO5. The first-order valence-corrected chi connectivity index (χ1v) is 13.7. The second-order valence-electron chi connectivity index (χ2n) is 10.1. The van der Waals surface area contributed by atoms with Crippen molar-refractivity contribution in [2.45, 2.75) is 69.8 Å². The summed E-state index contributed by atoms with van der Waals surface area (Å²) in [4.78, 5) is 27.5. The van der Waals surface area contributed by atoms with E-state index in [9.17, 15) is 14.7 Å². The van der Waals surface area contributed by atoms with Gasteiger partial charge < -0.3 is 19.9 Å². The van der Waals surface area contributed by atoms with E-state index in [4.69, 9.17) is 9.47 Å². The summed E-state index contributed by atoms with van der Waals surface area (Å²) in [7, 11) is 1.48. The predicted octanol–water partition coefficient (Wildman–Crippen LogP) is 6.40. The minimum atomic E-state index is -0.623. The lowest BCUT2D eigenvalue weighted by atomic mass is 9.71. The number of phenols is 1. The predicted molar refractivity (Wildman–Crippen MR) is 144 cm³/mol. The third-order valence-electron chi connectivity index (χ3n) is 7.75. The first-order valence-electron chi connectivity index (χ1n) is 12.9. The van der Waals surface area contributed by atoms with Crippen molar-refractivity contribution in [1.82, 2.24) is 5.32 Å². The number of esters is 1. The van der Waals surface area contributed by atoms with E-state index in [1.54, 1.807) is 12.1 Å². The van der Waals surface area contributed by atoms with Crippen LogP contribution in [0.25, 0.3) is 0 Å². The highest BCUT2D eigenvalue weighted by atomic mass is 79.9. The largest absolute Gasteiger partial charge is 0.503 e. The van der Waals surface area contributed by atoms with Crippen LogP contribution in [0, 0.1) is 0 Å². The van der Waals surface area contributed by atoms with E-state index in [1.807, 2.05) is 25.1 Å². The van der Waals surface area contributed by atoms with Crippen molar-refractivity contribution in [3.8, 4) is 11.5 Å². The number of benzene rings is 2. The van der Waals surface area contributed by atoms with Crippen LogP contribution in [0.15, 0.2) is 69.5 Å². The molecule has 37 heavy (non-hydrogen) atoms. The second kappa shape index (κ2) is 10.7. The number of ether oxygens (including phenoxy) is 2. The quantitative estimate of drug-likeness (QED) is 0.408. The van der Waals surface area contributed by atoms with Gasteiger partial charge in [0.2, 0.25) is 0 Å². The average Bonchev–Trinajstić information content (AvgIpc) is 2.90. The highest BCUT2D eigenvalue weighted by molar-refractivity contribution is 9.10. The summed E-state index contributed by atoms with van der Waals surface area (Å²) in [5, 5.41) is 13.9. The molecule has 6 nitrogen and oxygen atoms in total. The van der Waals surface area contributed by atoms with Gasteiger partial charge in [-0.1, -0.05) is 36.8 Å². The van der Waals surface area contributed by atoms with Gasteiger partial charge in [-0.2, -0.15) is 0 Å². The maximum absolute atomic E-state index is 13.8. The number of rotatable bonds is 5. The van der Waals surface area contributed by atoms with Gasteiger partial charge in [0.15, 0.2) is 17.3 Å². The summed E-state index contributed by atoms with van der Waals surface area (Å²) in [5.41, 5.74) is 4.37. The second-order valence-corrected chi connectivity index (χ2v) is 11.0. The number of phenolic OH excluding ortho intramolecular Hbond substituents is 1. The molecule has 1 saturated carbocycles. The molecule has 2 aromatic rings. The van der Waals surface area contributed by atoms with Gasteiger partial charge >= 0.3 is 5.97 Å². The fraction of sp³-hybridized carbons (Fsp3) is 0.400. The van der Waals surface area contributed by atoms with Crippen molar-refractivity contribution in [2.75, 3.05) is 7.11 Å². The SMILES string of the molecule is COc1cc(C2C(C(=O)OC3CCCCC3)=C(C)NC3=C2C(=O)CC(c2ccccc2)C3)cc(Br)c1O. The van der Waals surface area contributed by atoms with Crippen LogP contribution in [0.1, 0.15) is 74.8 Å². The van der Waals surface area contributed by atoms with Gasteiger partial charge in [0.25, 0.3) is 0 Å². The number of dihydropyridines is 1. The maximum atomic E-state index is 13.8. The van der Waals surface area contributed by atoms with Crippen LogP contribution < -0.4 is 10.1 Å². The molecule has 0 aromatic heterocycles. The molecule has 0 amide bonds. The lowest BCUT2D eigenvalue weighted by Gasteiger charge is -2.37. The Hall–Kier alpha value is -3.06. The molecule has 2 unspecified atom stereocenters. The first-order chi connectivity index (χ1) is 17.9. The van der Waals surface area contributed by atoms with E-state index < -0.39 is 11.9 Å². The molecule has 2 N–H and O–H groups in total. The number of nitrogens with one attached hydrogen (secondary N) is 1. The van der Waals surface area contributed by atoms with Gasteiger partial charge in [-0.05, 0) is 84.1 Å². The first kappa shape index (κ1) is 25.6. The molecule has 7 heteroatoms. The van der Waals surface area contributed by atoms with E-state index in [1.165, 1.54) is 7.11 Å². The molecular weight excluding hydrogens is 534 g/mol. The minimum Gasteiger partial charge on any atom is -0.503 e. The molecule has 3 aliphatic rings. The van der Waals surface area contributed by atoms with E-state index in [0.29, 0.717) is 39.7 Å². The Labute approximate surface area is 225 Å². The van der Waals surface area contributed by atoms with Crippen LogP contribution in [0.3, 0.4) is 0 Å². The van der Waals surface area contributed by atoms with Crippen LogP contribution >= 0.6 is 15.9 Å². The normalized spacial score (nSPS) is 22.4. The van der Waals surface area contributed by atoms with Crippen LogP contribution in [0.2, 0.25) is 0 Å². The Balaban J connectivity index is 1.58.